The Morgan fingerprint density at radius 3 is 2.23 bits per heavy atom. The van der Waals surface area contributed by atoms with Crippen LogP contribution in [0.5, 0.6) is 11.5 Å². The second-order valence-electron chi connectivity index (χ2n) is 5.99. The molecule has 9 heteroatoms. The zero-order chi connectivity index (χ0) is 22.1. The first kappa shape index (κ1) is 23.1. The first-order valence-corrected chi connectivity index (χ1v) is 9.72. The number of esters is 1. The maximum atomic E-state index is 12.6. The average Bonchev–Trinajstić information content (AvgIpc) is 2.70. The third-order valence-electron chi connectivity index (χ3n) is 3.51. The van der Waals surface area contributed by atoms with Gasteiger partial charge in [0.05, 0.1) is 12.2 Å². The van der Waals surface area contributed by atoms with Crippen LogP contribution < -0.4 is 9.47 Å². The molecule has 0 amide bonds. The Morgan fingerprint density at radius 1 is 0.967 bits per heavy atom. The van der Waals surface area contributed by atoms with E-state index in [-0.39, 0.29) is 30.2 Å². The van der Waals surface area contributed by atoms with Gasteiger partial charge in [-0.25, -0.2) is 4.79 Å². The minimum Gasteiger partial charge on any atom is -0.491 e. The number of carbonyl (C=O) groups excluding carboxylic acids is 3. The van der Waals surface area contributed by atoms with Crippen LogP contribution in [-0.4, -0.2) is 41.8 Å². The molecule has 2 rings (SSSR count). The Kier molecular flexibility index (Phi) is 8.57. The standard InChI is InChI=1S/C21H21NO7S/c1-13(22-29-15(3)25)21(26)19-9-8-18(12-20(19)28-14(2)24)30-17-6-4-16(5-7-17)27-11-10-23/h4-9,12,23H,10-11H2,1-3H3. The summed E-state index contributed by atoms with van der Waals surface area (Å²) in [5.74, 6) is -1.04. The largest absolute Gasteiger partial charge is 0.491 e. The summed E-state index contributed by atoms with van der Waals surface area (Å²) in [6.45, 7) is 3.95. The number of hydrogen-bond donors (Lipinski definition) is 1. The fraction of sp³-hybridized carbons (Fsp3) is 0.238. The van der Waals surface area contributed by atoms with Crippen molar-refractivity contribution in [2.45, 2.75) is 30.6 Å². The average molecular weight is 431 g/mol. The number of nitrogens with zero attached hydrogens (tertiary/aromatic N) is 1. The number of ether oxygens (including phenoxy) is 2. The van der Waals surface area contributed by atoms with Gasteiger partial charge in [-0.15, -0.1) is 0 Å². The molecular formula is C21H21NO7S. The lowest BCUT2D eigenvalue weighted by Crippen LogP contribution is -2.15. The number of hydrogen-bond acceptors (Lipinski definition) is 9. The number of aliphatic hydroxyl groups excluding tert-OH is 1. The summed E-state index contributed by atoms with van der Waals surface area (Å²) in [5.41, 5.74) is 0.0631. The van der Waals surface area contributed by atoms with Gasteiger partial charge in [-0.2, -0.15) is 0 Å². The summed E-state index contributed by atoms with van der Waals surface area (Å²) < 4.78 is 10.5. The molecule has 158 valence electrons. The van der Waals surface area contributed by atoms with E-state index in [1.165, 1.54) is 38.6 Å². The summed E-state index contributed by atoms with van der Waals surface area (Å²) >= 11 is 1.40. The highest BCUT2D eigenvalue weighted by Crippen LogP contribution is 2.33. The van der Waals surface area contributed by atoms with Crippen molar-refractivity contribution in [2.24, 2.45) is 5.16 Å². The molecule has 2 aromatic carbocycles. The Balaban J connectivity index is 2.24. The summed E-state index contributed by atoms with van der Waals surface area (Å²) in [7, 11) is 0. The molecule has 0 heterocycles. The highest BCUT2D eigenvalue weighted by molar-refractivity contribution is 7.99. The highest BCUT2D eigenvalue weighted by Gasteiger charge is 2.18. The summed E-state index contributed by atoms with van der Waals surface area (Å²) in [5, 5.41) is 12.3. The molecule has 0 aliphatic heterocycles. The molecule has 30 heavy (non-hydrogen) atoms. The number of benzene rings is 2. The predicted octanol–water partition coefficient (Wildman–Crippen LogP) is 3.26. The topological polar surface area (TPSA) is 111 Å². The number of aliphatic hydroxyl groups is 1. The number of ketones is 1. The smallest absolute Gasteiger partial charge is 0.331 e. The first-order chi connectivity index (χ1) is 14.3. The van der Waals surface area contributed by atoms with E-state index in [9.17, 15) is 14.4 Å². The maximum absolute atomic E-state index is 12.6. The second-order valence-corrected chi connectivity index (χ2v) is 7.13. The van der Waals surface area contributed by atoms with Gasteiger partial charge in [0.1, 0.15) is 23.8 Å². The van der Waals surface area contributed by atoms with Crippen LogP contribution in [0.25, 0.3) is 0 Å². The first-order valence-electron chi connectivity index (χ1n) is 8.91. The van der Waals surface area contributed by atoms with E-state index in [0.29, 0.717) is 5.75 Å². The van der Waals surface area contributed by atoms with E-state index in [4.69, 9.17) is 14.6 Å². The monoisotopic (exact) mass is 431 g/mol. The molecular weight excluding hydrogens is 410 g/mol. The molecule has 1 N–H and O–H groups in total. The third-order valence-corrected chi connectivity index (χ3v) is 4.51. The lowest BCUT2D eigenvalue weighted by molar-refractivity contribution is -0.141. The zero-order valence-electron chi connectivity index (χ0n) is 16.7. The van der Waals surface area contributed by atoms with Crippen LogP contribution in [-0.2, 0) is 14.4 Å². The Morgan fingerprint density at radius 2 is 1.63 bits per heavy atom. The van der Waals surface area contributed by atoms with Crippen LogP contribution in [0.2, 0.25) is 0 Å². The number of carbonyl (C=O) groups is 3. The minimum absolute atomic E-state index is 0.0579. The molecule has 0 atom stereocenters. The van der Waals surface area contributed by atoms with Gasteiger partial charge < -0.3 is 19.4 Å². The van der Waals surface area contributed by atoms with E-state index in [2.05, 4.69) is 9.99 Å². The molecule has 0 bridgehead atoms. The number of rotatable bonds is 9. The van der Waals surface area contributed by atoms with Crippen molar-refractivity contribution in [3.05, 3.63) is 48.0 Å². The molecule has 0 aliphatic rings. The van der Waals surface area contributed by atoms with Gasteiger partial charge in [0.15, 0.2) is 0 Å². The Bertz CT molecular complexity index is 954. The third kappa shape index (κ3) is 7.02. The van der Waals surface area contributed by atoms with Gasteiger partial charge in [0.25, 0.3) is 0 Å². The van der Waals surface area contributed by atoms with Crippen molar-refractivity contribution in [3.63, 3.8) is 0 Å². The van der Waals surface area contributed by atoms with Gasteiger partial charge in [0.2, 0.25) is 5.78 Å². The second kappa shape index (κ2) is 11.1. The van der Waals surface area contributed by atoms with Crippen molar-refractivity contribution in [1.29, 1.82) is 0 Å². The van der Waals surface area contributed by atoms with E-state index < -0.39 is 17.7 Å². The summed E-state index contributed by atoms with van der Waals surface area (Å²) in [6.07, 6.45) is 0. The van der Waals surface area contributed by atoms with E-state index in [1.54, 1.807) is 24.3 Å². The molecule has 0 saturated heterocycles. The van der Waals surface area contributed by atoms with Crippen LogP contribution in [0, 0.1) is 0 Å². The summed E-state index contributed by atoms with van der Waals surface area (Å²) in [6, 6.07) is 12.0. The van der Waals surface area contributed by atoms with Crippen molar-refractivity contribution >= 4 is 35.2 Å². The quantitative estimate of drug-likeness (QED) is 0.161. The fourth-order valence-corrected chi connectivity index (χ4v) is 3.11. The van der Waals surface area contributed by atoms with Crippen molar-refractivity contribution in [1.82, 2.24) is 0 Å². The van der Waals surface area contributed by atoms with Crippen LogP contribution >= 0.6 is 11.8 Å². The number of Topliss-reactive ketones (excluding diaryl/α,β-unsaturated/α-hetero) is 1. The van der Waals surface area contributed by atoms with Gasteiger partial charge in [-0.1, -0.05) is 16.9 Å². The van der Waals surface area contributed by atoms with Crippen LogP contribution in [0.4, 0.5) is 0 Å². The minimum atomic E-state index is -0.651. The van der Waals surface area contributed by atoms with Crippen LogP contribution in [0.15, 0.2) is 57.4 Å². The van der Waals surface area contributed by atoms with Crippen molar-refractivity contribution < 1.29 is 33.8 Å². The van der Waals surface area contributed by atoms with E-state index >= 15 is 0 Å². The summed E-state index contributed by atoms with van der Waals surface area (Å²) in [4.78, 5) is 41.1. The van der Waals surface area contributed by atoms with Crippen molar-refractivity contribution in [2.75, 3.05) is 13.2 Å². The SMILES string of the molecule is CC(=O)ON=C(C)C(=O)c1ccc(Sc2ccc(OCCO)cc2)cc1OC(C)=O. The van der Waals surface area contributed by atoms with E-state index in [0.717, 1.165) is 9.79 Å². The maximum Gasteiger partial charge on any atom is 0.331 e. The molecule has 0 unspecified atom stereocenters. The zero-order valence-corrected chi connectivity index (χ0v) is 17.5. The molecule has 0 radical (unpaired) electrons. The van der Waals surface area contributed by atoms with Crippen LogP contribution in [0.1, 0.15) is 31.1 Å². The normalized spacial score (nSPS) is 11.0. The van der Waals surface area contributed by atoms with Gasteiger partial charge in [0, 0.05) is 23.6 Å². The van der Waals surface area contributed by atoms with Crippen molar-refractivity contribution in [3.8, 4) is 11.5 Å². The molecule has 8 nitrogen and oxygen atoms in total. The Hall–Kier alpha value is -3.17. The Labute approximate surface area is 177 Å². The lowest BCUT2D eigenvalue weighted by Gasteiger charge is -2.11. The molecule has 0 aliphatic carbocycles. The van der Waals surface area contributed by atoms with Crippen LogP contribution in [0.3, 0.4) is 0 Å². The highest BCUT2D eigenvalue weighted by atomic mass is 32.2. The van der Waals surface area contributed by atoms with Gasteiger partial charge in [-0.05, 0) is 49.4 Å². The molecule has 2 aromatic rings. The fourth-order valence-electron chi connectivity index (χ4n) is 2.27. The number of oxime groups is 1. The van der Waals surface area contributed by atoms with Gasteiger partial charge in [-0.3, -0.25) is 9.59 Å². The lowest BCUT2D eigenvalue weighted by atomic mass is 10.1. The predicted molar refractivity (Wildman–Crippen MR) is 110 cm³/mol. The molecule has 0 fully saturated rings. The van der Waals surface area contributed by atoms with E-state index in [1.807, 2.05) is 12.1 Å². The molecule has 0 saturated carbocycles. The molecule has 0 aromatic heterocycles. The molecule has 0 spiro atoms. The van der Waals surface area contributed by atoms with Gasteiger partial charge >= 0.3 is 11.9 Å².